The summed E-state index contributed by atoms with van der Waals surface area (Å²) in [7, 11) is 0. The van der Waals surface area contributed by atoms with Gasteiger partial charge in [-0.3, -0.25) is 9.69 Å². The van der Waals surface area contributed by atoms with Crippen molar-refractivity contribution in [1.29, 1.82) is 0 Å². The quantitative estimate of drug-likeness (QED) is 0.837. The van der Waals surface area contributed by atoms with E-state index in [-0.39, 0.29) is 5.91 Å². The van der Waals surface area contributed by atoms with E-state index in [4.69, 9.17) is 0 Å². The lowest BCUT2D eigenvalue weighted by molar-refractivity contribution is 0.0599. The van der Waals surface area contributed by atoms with Crippen LogP contribution in [0.4, 0.5) is 0 Å². The van der Waals surface area contributed by atoms with Gasteiger partial charge in [-0.25, -0.2) is 0 Å². The van der Waals surface area contributed by atoms with Crippen LogP contribution in [0.25, 0.3) is 0 Å². The number of carbonyl (C=O) groups is 1. The number of benzene rings is 2. The molecule has 0 radical (unpaired) electrons. The molecule has 2 aromatic carbocycles. The van der Waals surface area contributed by atoms with Crippen molar-refractivity contribution in [2.75, 3.05) is 19.6 Å². The summed E-state index contributed by atoms with van der Waals surface area (Å²) in [5.74, 6) is 0.183. The largest absolute Gasteiger partial charge is 0.339 e. The molecule has 25 heavy (non-hydrogen) atoms. The van der Waals surface area contributed by atoms with Crippen LogP contribution in [-0.4, -0.2) is 41.4 Å². The van der Waals surface area contributed by atoms with E-state index in [1.165, 1.54) is 16.7 Å². The molecule has 1 amide bonds. The number of likely N-dealkylation sites (tertiary alicyclic amines) is 1. The van der Waals surface area contributed by atoms with Crippen molar-refractivity contribution in [2.45, 2.75) is 38.8 Å². The minimum Gasteiger partial charge on any atom is -0.339 e. The van der Waals surface area contributed by atoms with Gasteiger partial charge in [0.2, 0.25) is 0 Å². The molecule has 2 aliphatic heterocycles. The molecule has 1 saturated heterocycles. The van der Waals surface area contributed by atoms with Crippen molar-refractivity contribution < 1.29 is 4.79 Å². The lowest BCUT2D eigenvalue weighted by Crippen LogP contribution is -2.48. The van der Waals surface area contributed by atoms with Crippen molar-refractivity contribution in [3.63, 3.8) is 0 Å². The molecule has 3 heteroatoms. The van der Waals surface area contributed by atoms with Crippen LogP contribution in [0.5, 0.6) is 0 Å². The predicted molar refractivity (Wildman–Crippen MR) is 101 cm³/mol. The van der Waals surface area contributed by atoms with E-state index >= 15 is 0 Å². The Kier molecular flexibility index (Phi) is 4.58. The average Bonchev–Trinajstić information content (AvgIpc) is 2.68. The van der Waals surface area contributed by atoms with Crippen LogP contribution in [-0.2, 0) is 13.0 Å². The standard InChI is InChI=1S/C22H26N2O/c1-17-6-8-19(9-7-17)22(25)23-14-11-21(12-15-23)24-13-10-18-4-2-3-5-20(18)16-24/h2-9,21H,10-16H2,1H3. The molecule has 0 unspecified atom stereocenters. The maximum absolute atomic E-state index is 12.7. The summed E-state index contributed by atoms with van der Waals surface area (Å²) in [5, 5.41) is 0. The van der Waals surface area contributed by atoms with Gasteiger partial charge in [0, 0.05) is 37.8 Å². The Bertz CT molecular complexity index is 745. The van der Waals surface area contributed by atoms with Crippen LogP contribution in [0.15, 0.2) is 48.5 Å². The average molecular weight is 334 g/mol. The van der Waals surface area contributed by atoms with E-state index < -0.39 is 0 Å². The fourth-order valence-corrected chi connectivity index (χ4v) is 4.14. The van der Waals surface area contributed by atoms with Gasteiger partial charge in [0.05, 0.1) is 0 Å². The number of nitrogens with zero attached hydrogens (tertiary/aromatic N) is 2. The van der Waals surface area contributed by atoms with E-state index in [0.29, 0.717) is 6.04 Å². The molecule has 0 spiro atoms. The summed E-state index contributed by atoms with van der Waals surface area (Å²) in [6, 6.07) is 17.4. The molecule has 0 aromatic heterocycles. The fourth-order valence-electron chi connectivity index (χ4n) is 4.14. The molecule has 4 rings (SSSR count). The third kappa shape index (κ3) is 3.47. The van der Waals surface area contributed by atoms with Crippen LogP contribution >= 0.6 is 0 Å². The highest BCUT2D eigenvalue weighted by Crippen LogP contribution is 2.25. The van der Waals surface area contributed by atoms with Crippen molar-refractivity contribution in [3.05, 3.63) is 70.8 Å². The first kappa shape index (κ1) is 16.3. The number of aryl methyl sites for hydroxylation is 1. The molecule has 0 aliphatic carbocycles. The lowest BCUT2D eigenvalue weighted by Gasteiger charge is -2.40. The topological polar surface area (TPSA) is 23.6 Å². The summed E-state index contributed by atoms with van der Waals surface area (Å²) in [6.07, 6.45) is 3.32. The molecule has 0 bridgehead atoms. The number of hydrogen-bond donors (Lipinski definition) is 0. The molecule has 1 fully saturated rings. The highest BCUT2D eigenvalue weighted by atomic mass is 16.2. The summed E-state index contributed by atoms with van der Waals surface area (Å²) in [4.78, 5) is 17.3. The van der Waals surface area contributed by atoms with Crippen LogP contribution in [0.2, 0.25) is 0 Å². The van der Waals surface area contributed by atoms with Gasteiger partial charge in [0.25, 0.3) is 5.91 Å². The first-order chi connectivity index (χ1) is 12.2. The second kappa shape index (κ2) is 7.01. The molecule has 3 nitrogen and oxygen atoms in total. The number of amides is 1. The van der Waals surface area contributed by atoms with Gasteiger partial charge in [-0.2, -0.15) is 0 Å². The maximum atomic E-state index is 12.7. The van der Waals surface area contributed by atoms with Gasteiger partial charge in [-0.15, -0.1) is 0 Å². The van der Waals surface area contributed by atoms with Crippen molar-refractivity contribution in [3.8, 4) is 0 Å². The molecule has 0 saturated carbocycles. The van der Waals surface area contributed by atoms with Crippen LogP contribution in [0, 0.1) is 6.92 Å². The molecule has 0 atom stereocenters. The number of rotatable bonds is 2. The van der Waals surface area contributed by atoms with E-state index in [1.54, 1.807) is 0 Å². The van der Waals surface area contributed by atoms with E-state index in [0.717, 1.165) is 51.0 Å². The zero-order chi connectivity index (χ0) is 17.2. The summed E-state index contributed by atoms with van der Waals surface area (Å²) in [5.41, 5.74) is 4.99. The number of hydrogen-bond acceptors (Lipinski definition) is 2. The Morgan fingerprint density at radius 3 is 2.32 bits per heavy atom. The van der Waals surface area contributed by atoms with Crippen LogP contribution in [0.3, 0.4) is 0 Å². The second-order valence-corrected chi connectivity index (χ2v) is 7.38. The minimum atomic E-state index is 0.183. The summed E-state index contributed by atoms with van der Waals surface area (Å²) in [6.45, 7) is 6.00. The van der Waals surface area contributed by atoms with Gasteiger partial charge >= 0.3 is 0 Å². The SMILES string of the molecule is Cc1ccc(C(=O)N2CCC(N3CCc4ccccc4C3)CC2)cc1. The molecule has 2 aliphatic rings. The number of piperidine rings is 1. The Hall–Kier alpha value is -2.13. The lowest BCUT2D eigenvalue weighted by atomic mass is 9.95. The zero-order valence-electron chi connectivity index (χ0n) is 14.9. The highest BCUT2D eigenvalue weighted by molar-refractivity contribution is 5.94. The van der Waals surface area contributed by atoms with Crippen molar-refractivity contribution >= 4 is 5.91 Å². The predicted octanol–water partition coefficient (Wildman–Crippen LogP) is 3.66. The van der Waals surface area contributed by atoms with Gasteiger partial charge in [-0.05, 0) is 49.4 Å². The Morgan fingerprint density at radius 1 is 0.920 bits per heavy atom. The van der Waals surface area contributed by atoms with Crippen molar-refractivity contribution in [2.24, 2.45) is 0 Å². The molecular formula is C22H26N2O. The Labute approximate surface area is 150 Å². The van der Waals surface area contributed by atoms with Gasteiger partial charge in [0.15, 0.2) is 0 Å². The van der Waals surface area contributed by atoms with Gasteiger partial charge < -0.3 is 4.90 Å². The molecular weight excluding hydrogens is 308 g/mol. The fraction of sp³-hybridized carbons (Fsp3) is 0.409. The zero-order valence-corrected chi connectivity index (χ0v) is 14.9. The highest BCUT2D eigenvalue weighted by Gasteiger charge is 2.29. The third-order valence-electron chi connectivity index (χ3n) is 5.73. The van der Waals surface area contributed by atoms with E-state index in [1.807, 2.05) is 29.2 Å². The first-order valence-electron chi connectivity index (χ1n) is 9.37. The monoisotopic (exact) mass is 334 g/mol. The molecule has 0 N–H and O–H groups in total. The maximum Gasteiger partial charge on any atom is 0.253 e. The Morgan fingerprint density at radius 2 is 1.60 bits per heavy atom. The number of carbonyl (C=O) groups excluding carboxylic acids is 1. The smallest absolute Gasteiger partial charge is 0.253 e. The normalized spacial score (nSPS) is 18.8. The second-order valence-electron chi connectivity index (χ2n) is 7.38. The minimum absolute atomic E-state index is 0.183. The molecule has 130 valence electrons. The van der Waals surface area contributed by atoms with Crippen LogP contribution in [0.1, 0.15) is 39.9 Å². The summed E-state index contributed by atoms with van der Waals surface area (Å²) >= 11 is 0. The van der Waals surface area contributed by atoms with Crippen LogP contribution < -0.4 is 0 Å². The van der Waals surface area contributed by atoms with E-state index in [9.17, 15) is 4.79 Å². The van der Waals surface area contributed by atoms with Crippen molar-refractivity contribution in [1.82, 2.24) is 9.80 Å². The first-order valence-corrected chi connectivity index (χ1v) is 9.37. The van der Waals surface area contributed by atoms with Gasteiger partial charge in [-0.1, -0.05) is 42.0 Å². The molecule has 2 aromatic rings. The third-order valence-corrected chi connectivity index (χ3v) is 5.73. The molecule has 2 heterocycles. The summed E-state index contributed by atoms with van der Waals surface area (Å²) < 4.78 is 0. The number of fused-ring (bicyclic) bond motifs is 1. The van der Waals surface area contributed by atoms with E-state index in [2.05, 4.69) is 36.1 Å². The Balaban J connectivity index is 1.36. The van der Waals surface area contributed by atoms with Gasteiger partial charge in [0.1, 0.15) is 0 Å².